The van der Waals surface area contributed by atoms with E-state index in [0.29, 0.717) is 11.1 Å². The number of hydrogen-bond acceptors (Lipinski definition) is 5. The third-order valence-electron chi connectivity index (χ3n) is 4.00. The maximum atomic E-state index is 13.0. The number of benzene rings is 2. The van der Waals surface area contributed by atoms with E-state index in [1.54, 1.807) is 38.1 Å². The number of nitrogens with zero attached hydrogens (tertiary/aromatic N) is 2. The third kappa shape index (κ3) is 4.22. The Labute approximate surface area is 146 Å². The van der Waals surface area contributed by atoms with Crippen LogP contribution in [0.25, 0.3) is 0 Å². The molecular formula is C17H20N2O5S. The number of nitro groups is 1. The van der Waals surface area contributed by atoms with Crippen LogP contribution < -0.4 is 0 Å². The zero-order valence-electron chi connectivity index (χ0n) is 14.0. The molecule has 2 rings (SSSR count). The van der Waals surface area contributed by atoms with Crippen molar-refractivity contribution < 1.29 is 18.4 Å². The van der Waals surface area contributed by atoms with Gasteiger partial charge in [0.1, 0.15) is 0 Å². The predicted molar refractivity (Wildman–Crippen MR) is 93.7 cm³/mol. The Balaban J connectivity index is 2.48. The van der Waals surface area contributed by atoms with E-state index in [0.717, 1.165) is 15.9 Å². The van der Waals surface area contributed by atoms with E-state index in [1.165, 1.54) is 6.07 Å². The lowest BCUT2D eigenvalue weighted by Gasteiger charge is -2.22. The molecule has 0 aliphatic heterocycles. The summed E-state index contributed by atoms with van der Waals surface area (Å²) >= 11 is 0. The molecule has 0 saturated carbocycles. The van der Waals surface area contributed by atoms with Crippen LogP contribution in [0.5, 0.6) is 0 Å². The number of sulfonamides is 1. The van der Waals surface area contributed by atoms with Crippen molar-refractivity contribution in [1.82, 2.24) is 4.31 Å². The standard InChI is InChI=1S/C17H20N2O5S/c1-13-10-16(11-17(14(13)2)19(21)22)25(23,24)18(8-9-20)12-15-6-4-3-5-7-15/h3-7,10-11,20H,8-9,12H2,1-2H3. The summed E-state index contributed by atoms with van der Waals surface area (Å²) in [7, 11) is -3.99. The van der Waals surface area contributed by atoms with Crippen LogP contribution in [0.4, 0.5) is 5.69 Å². The molecule has 0 aliphatic rings. The van der Waals surface area contributed by atoms with Gasteiger partial charge >= 0.3 is 0 Å². The third-order valence-corrected chi connectivity index (χ3v) is 5.82. The van der Waals surface area contributed by atoms with Crippen LogP contribution in [0.15, 0.2) is 47.4 Å². The Bertz CT molecular complexity index is 866. The molecule has 0 heterocycles. The Morgan fingerprint density at radius 3 is 2.36 bits per heavy atom. The van der Waals surface area contributed by atoms with Crippen molar-refractivity contribution >= 4 is 15.7 Å². The number of hydrogen-bond donors (Lipinski definition) is 1. The summed E-state index contributed by atoms with van der Waals surface area (Å²) in [6.45, 7) is 2.84. The van der Waals surface area contributed by atoms with Gasteiger partial charge < -0.3 is 5.11 Å². The molecular weight excluding hydrogens is 344 g/mol. The highest BCUT2D eigenvalue weighted by Gasteiger charge is 2.27. The summed E-state index contributed by atoms with van der Waals surface area (Å²) in [4.78, 5) is 10.5. The molecule has 0 radical (unpaired) electrons. The highest BCUT2D eigenvalue weighted by Crippen LogP contribution is 2.28. The van der Waals surface area contributed by atoms with Gasteiger partial charge in [0.25, 0.3) is 5.69 Å². The second kappa shape index (κ2) is 7.73. The lowest BCUT2D eigenvalue weighted by atomic mass is 10.1. The highest BCUT2D eigenvalue weighted by atomic mass is 32.2. The van der Waals surface area contributed by atoms with E-state index in [1.807, 2.05) is 6.07 Å². The van der Waals surface area contributed by atoms with Crippen molar-refractivity contribution in [3.05, 3.63) is 69.3 Å². The van der Waals surface area contributed by atoms with Crippen LogP contribution >= 0.6 is 0 Å². The molecule has 0 bridgehead atoms. The van der Waals surface area contributed by atoms with Crippen LogP contribution in [0.2, 0.25) is 0 Å². The first-order valence-corrected chi connectivity index (χ1v) is 9.12. The fraction of sp³-hybridized carbons (Fsp3) is 0.294. The van der Waals surface area contributed by atoms with Gasteiger partial charge in [-0.3, -0.25) is 10.1 Å². The van der Waals surface area contributed by atoms with Gasteiger partial charge in [0.05, 0.1) is 16.4 Å². The van der Waals surface area contributed by atoms with E-state index >= 15 is 0 Å². The molecule has 25 heavy (non-hydrogen) atoms. The summed E-state index contributed by atoms with van der Waals surface area (Å²) in [6.07, 6.45) is 0. The van der Waals surface area contributed by atoms with Crippen LogP contribution in [0, 0.1) is 24.0 Å². The number of aliphatic hydroxyl groups is 1. The maximum absolute atomic E-state index is 13.0. The molecule has 0 aliphatic carbocycles. The van der Waals surface area contributed by atoms with Gasteiger partial charge in [-0.1, -0.05) is 30.3 Å². The molecule has 0 spiro atoms. The molecule has 7 nitrogen and oxygen atoms in total. The van der Waals surface area contributed by atoms with Crippen LogP contribution in [0.1, 0.15) is 16.7 Å². The first kappa shape index (κ1) is 19.0. The highest BCUT2D eigenvalue weighted by molar-refractivity contribution is 7.89. The lowest BCUT2D eigenvalue weighted by molar-refractivity contribution is -0.385. The zero-order valence-corrected chi connectivity index (χ0v) is 14.9. The zero-order chi connectivity index (χ0) is 18.6. The molecule has 8 heteroatoms. The minimum Gasteiger partial charge on any atom is -0.395 e. The summed E-state index contributed by atoms with van der Waals surface area (Å²) in [5.41, 5.74) is 1.48. The molecule has 2 aromatic carbocycles. The lowest BCUT2D eigenvalue weighted by Crippen LogP contribution is -2.33. The van der Waals surface area contributed by atoms with E-state index in [9.17, 15) is 23.6 Å². The summed E-state index contributed by atoms with van der Waals surface area (Å²) in [5, 5.41) is 20.4. The second-order valence-corrected chi connectivity index (χ2v) is 7.63. The topological polar surface area (TPSA) is 101 Å². The van der Waals surface area contributed by atoms with E-state index in [-0.39, 0.29) is 30.3 Å². The van der Waals surface area contributed by atoms with E-state index < -0.39 is 14.9 Å². The molecule has 2 aromatic rings. The first-order valence-electron chi connectivity index (χ1n) is 7.68. The van der Waals surface area contributed by atoms with Crippen molar-refractivity contribution in [2.24, 2.45) is 0 Å². The maximum Gasteiger partial charge on any atom is 0.273 e. The average molecular weight is 364 g/mol. The number of rotatable bonds is 7. The Kier molecular flexibility index (Phi) is 5.89. The second-order valence-electron chi connectivity index (χ2n) is 5.69. The van der Waals surface area contributed by atoms with Crippen molar-refractivity contribution in [1.29, 1.82) is 0 Å². The molecule has 0 amide bonds. The SMILES string of the molecule is Cc1cc(S(=O)(=O)N(CCO)Cc2ccccc2)cc([N+](=O)[O-])c1C. The van der Waals surface area contributed by atoms with Crippen molar-refractivity contribution in [2.75, 3.05) is 13.2 Å². The van der Waals surface area contributed by atoms with Crippen LogP contribution in [-0.2, 0) is 16.6 Å². The quantitative estimate of drug-likeness (QED) is 0.600. The first-order chi connectivity index (χ1) is 11.8. The normalized spacial score (nSPS) is 11.7. The van der Waals surface area contributed by atoms with Gasteiger partial charge in [0.15, 0.2) is 0 Å². The number of aryl methyl sites for hydroxylation is 1. The predicted octanol–water partition coefficient (Wildman–Crippen LogP) is 2.39. The van der Waals surface area contributed by atoms with Gasteiger partial charge in [0.2, 0.25) is 10.0 Å². The Morgan fingerprint density at radius 2 is 1.80 bits per heavy atom. The summed E-state index contributed by atoms with van der Waals surface area (Å²) in [6, 6.07) is 11.5. The summed E-state index contributed by atoms with van der Waals surface area (Å²) < 4.78 is 27.0. The fourth-order valence-corrected chi connectivity index (χ4v) is 4.00. The molecule has 0 atom stereocenters. The number of aliphatic hydroxyl groups excluding tert-OH is 1. The van der Waals surface area contributed by atoms with Crippen LogP contribution in [0.3, 0.4) is 0 Å². The largest absolute Gasteiger partial charge is 0.395 e. The molecule has 134 valence electrons. The molecule has 1 N–H and O–H groups in total. The van der Waals surface area contributed by atoms with Crippen molar-refractivity contribution in [2.45, 2.75) is 25.3 Å². The van der Waals surface area contributed by atoms with Gasteiger partial charge in [-0.05, 0) is 31.0 Å². The number of nitro benzene ring substituents is 1. The molecule has 0 fully saturated rings. The fourth-order valence-electron chi connectivity index (χ4n) is 2.48. The molecule has 0 saturated heterocycles. The molecule has 0 aromatic heterocycles. The minimum absolute atomic E-state index is 0.0739. The smallest absolute Gasteiger partial charge is 0.273 e. The van der Waals surface area contributed by atoms with E-state index in [2.05, 4.69) is 0 Å². The summed E-state index contributed by atoms with van der Waals surface area (Å²) in [5.74, 6) is 0. The average Bonchev–Trinajstić information content (AvgIpc) is 2.57. The Hall–Kier alpha value is -2.29. The van der Waals surface area contributed by atoms with Gasteiger partial charge in [0, 0.05) is 24.7 Å². The monoisotopic (exact) mass is 364 g/mol. The van der Waals surface area contributed by atoms with Gasteiger partial charge in [-0.25, -0.2) is 8.42 Å². The Morgan fingerprint density at radius 1 is 1.16 bits per heavy atom. The minimum atomic E-state index is -3.99. The molecule has 0 unspecified atom stereocenters. The van der Waals surface area contributed by atoms with E-state index in [4.69, 9.17) is 0 Å². The van der Waals surface area contributed by atoms with Crippen LogP contribution in [-0.4, -0.2) is 35.9 Å². The van der Waals surface area contributed by atoms with Crippen molar-refractivity contribution in [3.63, 3.8) is 0 Å². The van der Waals surface area contributed by atoms with Gasteiger partial charge in [-0.15, -0.1) is 0 Å². The van der Waals surface area contributed by atoms with Gasteiger partial charge in [-0.2, -0.15) is 4.31 Å². The van der Waals surface area contributed by atoms with Crippen molar-refractivity contribution in [3.8, 4) is 0 Å².